The second-order valence-electron chi connectivity index (χ2n) is 10.3. The normalized spacial score (nSPS) is 14.0. The molecule has 1 aromatic heterocycles. The molecule has 40 heavy (non-hydrogen) atoms. The van der Waals surface area contributed by atoms with Crippen LogP contribution >= 0.6 is 0 Å². The molecule has 1 aliphatic rings. The van der Waals surface area contributed by atoms with Gasteiger partial charge in [-0.15, -0.1) is 0 Å². The first-order chi connectivity index (χ1) is 19.2. The lowest BCUT2D eigenvalue weighted by molar-refractivity contribution is -0.153. The van der Waals surface area contributed by atoms with E-state index in [1.807, 2.05) is 63.2 Å². The quantitative estimate of drug-likeness (QED) is 0.147. The van der Waals surface area contributed by atoms with Gasteiger partial charge in [-0.2, -0.15) is 4.98 Å². The molecule has 11 nitrogen and oxygen atoms in total. The smallest absolute Gasteiger partial charge is 0.310 e. The Morgan fingerprint density at radius 3 is 2.58 bits per heavy atom. The van der Waals surface area contributed by atoms with Crippen molar-refractivity contribution in [3.63, 3.8) is 0 Å². The molecule has 0 atom stereocenters. The van der Waals surface area contributed by atoms with Crippen LogP contribution in [0.15, 0.2) is 53.8 Å². The molecule has 0 radical (unpaired) electrons. The van der Waals surface area contributed by atoms with E-state index in [0.29, 0.717) is 53.4 Å². The molecular weight excluding hydrogens is 512 g/mol. The van der Waals surface area contributed by atoms with Crippen molar-refractivity contribution in [2.45, 2.75) is 39.7 Å². The molecule has 0 bridgehead atoms. The van der Waals surface area contributed by atoms with Gasteiger partial charge < -0.3 is 35.0 Å². The Morgan fingerprint density at radius 1 is 1.12 bits per heavy atom. The maximum absolute atomic E-state index is 12.5. The number of benzene rings is 2. The fourth-order valence-corrected chi connectivity index (χ4v) is 4.23. The fraction of sp³-hybridized carbons (Fsp3) is 0.379. The highest BCUT2D eigenvalue weighted by Crippen LogP contribution is 2.32. The number of oxime groups is 1. The average molecular weight is 549 g/mol. The molecular formula is C29H36N6O5. The summed E-state index contributed by atoms with van der Waals surface area (Å²) in [6.45, 7) is 10.2. The van der Waals surface area contributed by atoms with E-state index in [1.54, 1.807) is 20.2 Å². The first-order valence-corrected chi connectivity index (χ1v) is 13.1. The Morgan fingerprint density at radius 2 is 1.88 bits per heavy atom. The molecule has 2 aromatic carbocycles. The minimum Gasteiger partial charge on any atom is -0.494 e. The van der Waals surface area contributed by atoms with Crippen molar-refractivity contribution in [3.8, 4) is 5.75 Å². The number of rotatable bonds is 9. The first kappa shape index (κ1) is 28.6. The van der Waals surface area contributed by atoms with Gasteiger partial charge in [-0.05, 0) is 51.5 Å². The number of hydrogen-bond donors (Lipinski definition) is 3. The zero-order chi connectivity index (χ0) is 28.7. The fourth-order valence-electron chi connectivity index (χ4n) is 4.23. The maximum Gasteiger partial charge on any atom is 0.310 e. The summed E-state index contributed by atoms with van der Waals surface area (Å²) in [7, 11) is 1.61. The van der Waals surface area contributed by atoms with E-state index in [9.17, 15) is 10.0 Å². The number of carbonyl (C=O) groups is 1. The summed E-state index contributed by atoms with van der Waals surface area (Å²) in [5.74, 6) is 1.00. The van der Waals surface area contributed by atoms with Crippen molar-refractivity contribution in [2.24, 2.45) is 5.16 Å². The number of aromatic nitrogens is 2. The highest BCUT2D eigenvalue weighted by atomic mass is 16.6. The van der Waals surface area contributed by atoms with Crippen LogP contribution in [0, 0.1) is 0 Å². The van der Waals surface area contributed by atoms with Crippen LogP contribution in [0.3, 0.4) is 0 Å². The van der Waals surface area contributed by atoms with E-state index < -0.39 is 5.60 Å². The minimum absolute atomic E-state index is 0.0751. The van der Waals surface area contributed by atoms with Crippen LogP contribution in [0.2, 0.25) is 0 Å². The van der Waals surface area contributed by atoms with Crippen molar-refractivity contribution in [1.82, 2.24) is 9.97 Å². The molecule has 11 heteroatoms. The van der Waals surface area contributed by atoms with Crippen LogP contribution in [0.5, 0.6) is 5.75 Å². The van der Waals surface area contributed by atoms with Gasteiger partial charge in [0.1, 0.15) is 17.2 Å². The maximum atomic E-state index is 12.5. The van der Waals surface area contributed by atoms with Gasteiger partial charge >= 0.3 is 5.97 Å². The number of anilines is 5. The minimum atomic E-state index is -0.587. The summed E-state index contributed by atoms with van der Waals surface area (Å²) in [5, 5.41) is 19.3. The molecule has 0 spiro atoms. The summed E-state index contributed by atoms with van der Waals surface area (Å²) in [4.78, 5) is 23.9. The van der Waals surface area contributed by atoms with Gasteiger partial charge in [0, 0.05) is 36.7 Å². The van der Waals surface area contributed by atoms with Gasteiger partial charge in [-0.25, -0.2) is 4.98 Å². The third-order valence-corrected chi connectivity index (χ3v) is 6.16. The van der Waals surface area contributed by atoms with Crippen molar-refractivity contribution < 1.29 is 24.2 Å². The number of ether oxygens (including phenoxy) is 3. The van der Waals surface area contributed by atoms with Crippen LogP contribution in [0.4, 0.5) is 28.8 Å². The summed E-state index contributed by atoms with van der Waals surface area (Å²) in [5.41, 5.74) is 3.36. The van der Waals surface area contributed by atoms with Gasteiger partial charge in [-0.3, -0.25) is 4.79 Å². The largest absolute Gasteiger partial charge is 0.494 e. The number of para-hydroxylation sites is 1. The Bertz CT molecular complexity index is 1370. The third kappa shape index (κ3) is 7.38. The molecule has 0 amide bonds. The molecule has 0 saturated carbocycles. The number of esters is 1. The Labute approximate surface area is 234 Å². The number of methoxy groups -OCH3 is 1. The molecule has 212 valence electrons. The van der Waals surface area contributed by atoms with Crippen LogP contribution < -0.4 is 20.3 Å². The monoisotopic (exact) mass is 548 g/mol. The van der Waals surface area contributed by atoms with Gasteiger partial charge in [0.25, 0.3) is 0 Å². The van der Waals surface area contributed by atoms with Crippen LogP contribution in [0.25, 0.3) is 0 Å². The van der Waals surface area contributed by atoms with E-state index in [1.165, 1.54) is 0 Å². The molecule has 4 rings (SSSR count). The predicted octanol–water partition coefficient (Wildman–Crippen LogP) is 4.89. The Kier molecular flexibility index (Phi) is 9.05. The zero-order valence-corrected chi connectivity index (χ0v) is 23.5. The van der Waals surface area contributed by atoms with Crippen molar-refractivity contribution >= 4 is 40.5 Å². The van der Waals surface area contributed by atoms with E-state index in [0.717, 1.165) is 24.3 Å². The highest BCUT2D eigenvalue weighted by Gasteiger charge is 2.19. The van der Waals surface area contributed by atoms with Crippen LogP contribution in [-0.4, -0.2) is 65.9 Å². The summed E-state index contributed by atoms with van der Waals surface area (Å²) < 4.78 is 16.6. The van der Waals surface area contributed by atoms with E-state index in [2.05, 4.69) is 30.7 Å². The Hall–Kier alpha value is -4.38. The van der Waals surface area contributed by atoms with Gasteiger partial charge in [0.05, 0.1) is 43.7 Å². The number of morpholine rings is 1. The topological polar surface area (TPSA) is 130 Å². The molecule has 2 heterocycles. The van der Waals surface area contributed by atoms with Crippen molar-refractivity contribution in [3.05, 3.63) is 59.8 Å². The number of carbonyl (C=O) groups excluding carboxylic acids is 1. The zero-order valence-electron chi connectivity index (χ0n) is 23.5. The SMILES string of the molecule is COc1cc(N2CCOCC2)ccc1Nc1ncc(/C(C)=N/O)c(Nc2ccccc2CC(=O)OC(C)(C)C)n1. The van der Waals surface area contributed by atoms with Crippen LogP contribution in [0.1, 0.15) is 38.8 Å². The molecule has 1 saturated heterocycles. The lowest BCUT2D eigenvalue weighted by atomic mass is 10.1. The molecule has 1 fully saturated rings. The standard InChI is InChI=1S/C29H36N6O5/c1-19(34-37)22-18-30-28(32-24-11-10-21(17-25(24)38-5)35-12-14-39-15-13-35)33-27(22)31-23-9-7-6-8-20(23)16-26(36)40-29(2,3)4/h6-11,17-18,37H,12-16H2,1-5H3,(H2,30,31,32,33)/b34-19+. The second kappa shape index (κ2) is 12.6. The van der Waals surface area contributed by atoms with Gasteiger partial charge in [0.15, 0.2) is 0 Å². The first-order valence-electron chi connectivity index (χ1n) is 13.1. The third-order valence-electron chi connectivity index (χ3n) is 6.16. The lowest BCUT2D eigenvalue weighted by Gasteiger charge is -2.29. The molecule has 0 aliphatic carbocycles. The second-order valence-corrected chi connectivity index (χ2v) is 10.3. The van der Waals surface area contributed by atoms with E-state index in [4.69, 9.17) is 14.2 Å². The van der Waals surface area contributed by atoms with Crippen molar-refractivity contribution in [2.75, 3.05) is 48.9 Å². The van der Waals surface area contributed by atoms with Crippen LogP contribution in [-0.2, 0) is 20.7 Å². The van der Waals surface area contributed by atoms with Gasteiger partial charge in [-0.1, -0.05) is 23.4 Å². The number of hydrogen-bond acceptors (Lipinski definition) is 11. The summed E-state index contributed by atoms with van der Waals surface area (Å²) >= 11 is 0. The van der Waals surface area contributed by atoms with E-state index >= 15 is 0 Å². The summed E-state index contributed by atoms with van der Waals surface area (Å²) in [6, 6.07) is 13.3. The van der Waals surface area contributed by atoms with Gasteiger partial charge in [0.2, 0.25) is 5.95 Å². The Balaban J connectivity index is 1.61. The molecule has 1 aliphatic heterocycles. The average Bonchev–Trinajstić information content (AvgIpc) is 2.93. The lowest BCUT2D eigenvalue weighted by Crippen LogP contribution is -2.36. The summed E-state index contributed by atoms with van der Waals surface area (Å²) in [6.07, 6.45) is 1.64. The highest BCUT2D eigenvalue weighted by molar-refractivity contribution is 6.03. The molecule has 0 unspecified atom stereocenters. The van der Waals surface area contributed by atoms with E-state index in [-0.39, 0.29) is 12.4 Å². The molecule has 3 aromatic rings. The molecule has 3 N–H and O–H groups in total. The predicted molar refractivity (Wildman–Crippen MR) is 155 cm³/mol. The van der Waals surface area contributed by atoms with Crippen molar-refractivity contribution in [1.29, 1.82) is 0 Å². The number of nitrogens with zero attached hydrogens (tertiary/aromatic N) is 4. The number of nitrogens with one attached hydrogen (secondary N) is 2.